The fraction of sp³-hybridized carbons (Fsp3) is 0.316. The molecule has 2 aromatic rings. The average molecular weight is 329 g/mol. The van der Waals surface area contributed by atoms with Gasteiger partial charge in [0.2, 0.25) is 5.91 Å². The molecule has 0 saturated heterocycles. The quantitative estimate of drug-likeness (QED) is 0.847. The van der Waals surface area contributed by atoms with E-state index in [2.05, 4.69) is 11.4 Å². The van der Waals surface area contributed by atoms with Gasteiger partial charge < -0.3 is 10.2 Å². The van der Waals surface area contributed by atoms with E-state index in [1.54, 1.807) is 0 Å². The van der Waals surface area contributed by atoms with Gasteiger partial charge in [-0.15, -0.1) is 0 Å². The van der Waals surface area contributed by atoms with Gasteiger partial charge >= 0.3 is 0 Å². The molecular formula is C19H21ClN2O. The van der Waals surface area contributed by atoms with Crippen LogP contribution in [-0.2, 0) is 17.8 Å². The van der Waals surface area contributed by atoms with Gasteiger partial charge in [-0.05, 0) is 42.2 Å². The van der Waals surface area contributed by atoms with Gasteiger partial charge in [0, 0.05) is 36.8 Å². The number of rotatable bonds is 5. The zero-order chi connectivity index (χ0) is 16.1. The molecule has 0 radical (unpaired) electrons. The number of nitrogens with one attached hydrogen (secondary N) is 1. The predicted octanol–water partition coefficient (Wildman–Crippen LogP) is 3.80. The van der Waals surface area contributed by atoms with Crippen molar-refractivity contribution in [3.05, 3.63) is 64.7 Å². The van der Waals surface area contributed by atoms with Crippen LogP contribution in [0.2, 0.25) is 5.02 Å². The Morgan fingerprint density at radius 2 is 1.91 bits per heavy atom. The molecule has 0 unspecified atom stereocenters. The number of benzene rings is 2. The highest BCUT2D eigenvalue weighted by molar-refractivity contribution is 6.30. The minimum absolute atomic E-state index is 0.195. The first-order chi connectivity index (χ1) is 11.2. The smallest absolute Gasteiger partial charge is 0.228 e. The van der Waals surface area contributed by atoms with E-state index in [0.717, 1.165) is 36.6 Å². The first-order valence-electron chi connectivity index (χ1n) is 8.07. The van der Waals surface area contributed by atoms with Crippen molar-refractivity contribution in [2.24, 2.45) is 0 Å². The monoisotopic (exact) mass is 328 g/mol. The second-order valence-electron chi connectivity index (χ2n) is 5.83. The largest absolute Gasteiger partial charge is 0.312 e. The van der Waals surface area contributed by atoms with Crippen LogP contribution in [0.4, 0.5) is 5.69 Å². The van der Waals surface area contributed by atoms with Gasteiger partial charge in [0.05, 0.1) is 0 Å². The number of halogens is 1. The zero-order valence-electron chi connectivity index (χ0n) is 13.1. The van der Waals surface area contributed by atoms with Crippen LogP contribution < -0.4 is 10.2 Å². The summed E-state index contributed by atoms with van der Waals surface area (Å²) >= 11 is 5.87. The number of amides is 1. The van der Waals surface area contributed by atoms with E-state index in [4.69, 9.17) is 11.6 Å². The number of aryl methyl sites for hydroxylation is 1. The van der Waals surface area contributed by atoms with E-state index in [9.17, 15) is 4.79 Å². The first-order valence-corrected chi connectivity index (χ1v) is 8.45. The Bertz CT molecular complexity index is 669. The van der Waals surface area contributed by atoms with E-state index < -0.39 is 0 Å². The van der Waals surface area contributed by atoms with Crippen LogP contribution in [0, 0.1) is 0 Å². The second-order valence-corrected chi connectivity index (χ2v) is 6.27. The molecule has 0 fully saturated rings. The van der Waals surface area contributed by atoms with E-state index in [1.807, 2.05) is 47.4 Å². The van der Waals surface area contributed by atoms with E-state index in [0.29, 0.717) is 13.0 Å². The molecule has 3 rings (SSSR count). The van der Waals surface area contributed by atoms with Gasteiger partial charge in [0.25, 0.3) is 0 Å². The number of para-hydroxylation sites is 1. The maximum Gasteiger partial charge on any atom is 0.228 e. The molecule has 1 N–H and O–H groups in total. The number of anilines is 1. The Kier molecular flexibility index (Phi) is 5.31. The fourth-order valence-electron chi connectivity index (χ4n) is 2.96. The van der Waals surface area contributed by atoms with Crippen LogP contribution in [0.15, 0.2) is 48.5 Å². The van der Waals surface area contributed by atoms with Gasteiger partial charge in [-0.3, -0.25) is 4.79 Å². The summed E-state index contributed by atoms with van der Waals surface area (Å²) in [6, 6.07) is 16.0. The number of carbonyl (C=O) groups is 1. The van der Waals surface area contributed by atoms with Crippen molar-refractivity contribution in [3.63, 3.8) is 0 Å². The van der Waals surface area contributed by atoms with Gasteiger partial charge in [-0.1, -0.05) is 41.9 Å². The highest BCUT2D eigenvalue weighted by Gasteiger charge is 2.21. The molecule has 0 aromatic heterocycles. The van der Waals surface area contributed by atoms with Crippen molar-refractivity contribution in [1.82, 2.24) is 5.32 Å². The lowest BCUT2D eigenvalue weighted by atomic mass is 10.0. The Morgan fingerprint density at radius 1 is 1.13 bits per heavy atom. The highest BCUT2D eigenvalue weighted by Crippen LogP contribution is 2.27. The van der Waals surface area contributed by atoms with E-state index in [1.165, 1.54) is 11.1 Å². The van der Waals surface area contributed by atoms with Crippen LogP contribution in [0.1, 0.15) is 24.0 Å². The van der Waals surface area contributed by atoms with Crippen molar-refractivity contribution >= 4 is 23.2 Å². The molecular weight excluding hydrogens is 308 g/mol. The standard InChI is InChI=1S/C19H21ClN2O/c20-17-9-7-15(8-10-17)14-21-12-11-19(23)22-13-3-5-16-4-1-2-6-18(16)22/h1-2,4,6-10,21H,3,5,11-14H2. The normalized spacial score (nSPS) is 13.7. The van der Waals surface area contributed by atoms with Crippen molar-refractivity contribution in [2.45, 2.75) is 25.8 Å². The molecule has 0 saturated carbocycles. The topological polar surface area (TPSA) is 32.3 Å². The lowest BCUT2D eigenvalue weighted by Gasteiger charge is -2.29. The summed E-state index contributed by atoms with van der Waals surface area (Å²) in [7, 11) is 0. The summed E-state index contributed by atoms with van der Waals surface area (Å²) in [4.78, 5) is 14.4. The highest BCUT2D eigenvalue weighted by atomic mass is 35.5. The average Bonchev–Trinajstić information content (AvgIpc) is 2.59. The number of hydrogen-bond donors (Lipinski definition) is 1. The molecule has 0 bridgehead atoms. The molecule has 1 aliphatic rings. The third kappa shape index (κ3) is 4.12. The second kappa shape index (κ2) is 7.62. The molecule has 1 aliphatic heterocycles. The van der Waals surface area contributed by atoms with Gasteiger partial charge in [-0.25, -0.2) is 0 Å². The molecule has 0 spiro atoms. The molecule has 3 nitrogen and oxygen atoms in total. The summed E-state index contributed by atoms with van der Waals surface area (Å²) in [5.74, 6) is 0.195. The summed E-state index contributed by atoms with van der Waals surface area (Å²) in [5, 5.41) is 4.07. The number of hydrogen-bond acceptors (Lipinski definition) is 2. The minimum Gasteiger partial charge on any atom is -0.312 e. The maximum atomic E-state index is 12.5. The Balaban J connectivity index is 1.49. The SMILES string of the molecule is O=C(CCNCc1ccc(Cl)cc1)N1CCCc2ccccc21. The minimum atomic E-state index is 0.195. The summed E-state index contributed by atoms with van der Waals surface area (Å²) < 4.78 is 0. The van der Waals surface area contributed by atoms with Crippen molar-refractivity contribution in [3.8, 4) is 0 Å². The van der Waals surface area contributed by atoms with E-state index in [-0.39, 0.29) is 5.91 Å². The van der Waals surface area contributed by atoms with Crippen LogP contribution in [0.3, 0.4) is 0 Å². The summed E-state index contributed by atoms with van der Waals surface area (Å²) in [6.45, 7) is 2.26. The number of carbonyl (C=O) groups excluding carboxylic acids is 1. The molecule has 4 heteroatoms. The molecule has 2 aromatic carbocycles. The summed E-state index contributed by atoms with van der Waals surface area (Å²) in [5.41, 5.74) is 3.54. The van der Waals surface area contributed by atoms with Gasteiger partial charge in [-0.2, -0.15) is 0 Å². The van der Waals surface area contributed by atoms with Crippen LogP contribution >= 0.6 is 11.6 Å². The molecule has 0 aliphatic carbocycles. The Hall–Kier alpha value is -1.84. The van der Waals surface area contributed by atoms with Crippen molar-refractivity contribution in [1.29, 1.82) is 0 Å². The molecule has 0 atom stereocenters. The summed E-state index contributed by atoms with van der Waals surface area (Å²) in [6.07, 6.45) is 2.62. The van der Waals surface area contributed by atoms with E-state index >= 15 is 0 Å². The van der Waals surface area contributed by atoms with Crippen LogP contribution in [0.25, 0.3) is 0 Å². The predicted molar refractivity (Wildman–Crippen MR) is 94.9 cm³/mol. The first kappa shape index (κ1) is 16.0. The van der Waals surface area contributed by atoms with Crippen LogP contribution in [0.5, 0.6) is 0 Å². The molecule has 1 heterocycles. The van der Waals surface area contributed by atoms with Crippen molar-refractivity contribution < 1.29 is 4.79 Å². The van der Waals surface area contributed by atoms with Gasteiger partial charge in [0.15, 0.2) is 0 Å². The number of nitrogens with zero attached hydrogens (tertiary/aromatic N) is 1. The molecule has 23 heavy (non-hydrogen) atoms. The molecule has 1 amide bonds. The third-order valence-corrected chi connectivity index (χ3v) is 4.42. The fourth-order valence-corrected chi connectivity index (χ4v) is 3.08. The number of fused-ring (bicyclic) bond motifs is 1. The zero-order valence-corrected chi connectivity index (χ0v) is 13.9. The lowest BCUT2D eigenvalue weighted by molar-refractivity contribution is -0.118. The Labute approximate surface area is 142 Å². The Morgan fingerprint density at radius 3 is 2.74 bits per heavy atom. The van der Waals surface area contributed by atoms with Crippen molar-refractivity contribution in [2.75, 3.05) is 18.0 Å². The third-order valence-electron chi connectivity index (χ3n) is 4.17. The molecule has 120 valence electrons. The van der Waals surface area contributed by atoms with Crippen LogP contribution in [-0.4, -0.2) is 19.0 Å². The maximum absolute atomic E-state index is 12.5. The van der Waals surface area contributed by atoms with Gasteiger partial charge in [0.1, 0.15) is 0 Å². The lowest BCUT2D eigenvalue weighted by Crippen LogP contribution is -2.36.